The van der Waals surface area contributed by atoms with Gasteiger partial charge in [-0.15, -0.1) is 0 Å². The maximum Gasteiger partial charge on any atom is 0.256 e. The number of rotatable bonds is 2. The van der Waals surface area contributed by atoms with Crippen LogP contribution in [0, 0.1) is 0 Å². The van der Waals surface area contributed by atoms with Gasteiger partial charge in [0.2, 0.25) is 0 Å². The predicted molar refractivity (Wildman–Crippen MR) is 73.2 cm³/mol. The Hall–Kier alpha value is -2.62. The summed E-state index contributed by atoms with van der Waals surface area (Å²) < 4.78 is 1.56. The second kappa shape index (κ2) is 4.57. The molecule has 0 unspecified atom stereocenters. The van der Waals surface area contributed by atoms with Crippen LogP contribution >= 0.6 is 0 Å². The van der Waals surface area contributed by atoms with Gasteiger partial charge in [-0.05, 0) is 17.7 Å². The van der Waals surface area contributed by atoms with Gasteiger partial charge in [0.25, 0.3) is 5.56 Å². The zero-order chi connectivity index (χ0) is 13.2. The number of hydrogen-bond acceptors (Lipinski definition) is 3. The van der Waals surface area contributed by atoms with E-state index in [9.17, 15) is 9.90 Å². The van der Waals surface area contributed by atoms with Crippen molar-refractivity contribution in [1.82, 2.24) is 9.55 Å². The van der Waals surface area contributed by atoms with Crippen LogP contribution in [0.4, 0.5) is 0 Å². The minimum atomic E-state index is -0.257. The molecular formula is C15H12N2O2. The summed E-state index contributed by atoms with van der Waals surface area (Å²) in [5.74, 6) is -0.0302. The van der Waals surface area contributed by atoms with Crippen molar-refractivity contribution in [3.8, 4) is 5.75 Å². The van der Waals surface area contributed by atoms with Gasteiger partial charge in [0.15, 0.2) is 0 Å². The van der Waals surface area contributed by atoms with Crippen molar-refractivity contribution in [3.05, 3.63) is 70.6 Å². The molecule has 94 valence electrons. The second-order valence-electron chi connectivity index (χ2n) is 4.31. The number of aromatic hydroxyl groups is 1. The predicted octanol–water partition coefficient (Wildman–Crippen LogP) is 2.15. The first kappa shape index (κ1) is 11.5. The van der Waals surface area contributed by atoms with Gasteiger partial charge < -0.3 is 5.11 Å². The van der Waals surface area contributed by atoms with Crippen molar-refractivity contribution < 1.29 is 5.11 Å². The van der Waals surface area contributed by atoms with Crippen molar-refractivity contribution in [2.75, 3.05) is 0 Å². The van der Waals surface area contributed by atoms with Crippen LogP contribution in [-0.4, -0.2) is 14.7 Å². The van der Waals surface area contributed by atoms with Crippen LogP contribution in [0.15, 0.2) is 59.5 Å². The van der Waals surface area contributed by atoms with Gasteiger partial charge in [0.05, 0.1) is 11.9 Å². The van der Waals surface area contributed by atoms with Crippen LogP contribution < -0.4 is 5.56 Å². The highest BCUT2D eigenvalue weighted by Crippen LogP contribution is 2.20. The van der Waals surface area contributed by atoms with Gasteiger partial charge in [-0.2, -0.15) is 0 Å². The van der Waals surface area contributed by atoms with Crippen LogP contribution in [0.1, 0.15) is 5.56 Å². The minimum Gasteiger partial charge on any atom is -0.507 e. The molecule has 19 heavy (non-hydrogen) atoms. The van der Waals surface area contributed by atoms with Gasteiger partial charge in [-0.25, -0.2) is 4.98 Å². The minimum absolute atomic E-state index is 0.0302. The summed E-state index contributed by atoms with van der Waals surface area (Å²) in [7, 11) is 0. The largest absolute Gasteiger partial charge is 0.507 e. The van der Waals surface area contributed by atoms with E-state index in [0.29, 0.717) is 17.6 Å². The van der Waals surface area contributed by atoms with Gasteiger partial charge in [0, 0.05) is 12.3 Å². The lowest BCUT2D eigenvalue weighted by Gasteiger charge is -2.10. The molecule has 3 rings (SSSR count). The molecule has 0 spiro atoms. The molecule has 4 heteroatoms. The molecule has 0 radical (unpaired) electrons. The molecular weight excluding hydrogens is 240 g/mol. The first-order valence-corrected chi connectivity index (χ1v) is 5.97. The average molecular weight is 252 g/mol. The molecule has 1 aromatic carbocycles. The molecule has 0 atom stereocenters. The van der Waals surface area contributed by atoms with Crippen molar-refractivity contribution in [2.24, 2.45) is 0 Å². The molecule has 0 aliphatic heterocycles. The first-order chi connectivity index (χ1) is 9.25. The number of pyridine rings is 2. The maximum atomic E-state index is 12.0. The Kier molecular flexibility index (Phi) is 2.76. The molecule has 1 N–H and O–H groups in total. The van der Waals surface area contributed by atoms with Crippen LogP contribution in [0.5, 0.6) is 5.75 Å². The first-order valence-electron chi connectivity index (χ1n) is 5.97. The SMILES string of the molecule is O=c1cc(O)c2cccnc2n1Cc1ccccc1. The van der Waals surface area contributed by atoms with Crippen LogP contribution in [0.2, 0.25) is 0 Å². The highest BCUT2D eigenvalue weighted by atomic mass is 16.3. The van der Waals surface area contributed by atoms with E-state index in [1.165, 1.54) is 6.07 Å². The fourth-order valence-electron chi connectivity index (χ4n) is 2.11. The quantitative estimate of drug-likeness (QED) is 0.760. The van der Waals surface area contributed by atoms with E-state index in [1.807, 2.05) is 30.3 Å². The zero-order valence-corrected chi connectivity index (χ0v) is 10.2. The topological polar surface area (TPSA) is 55.1 Å². The summed E-state index contributed by atoms with van der Waals surface area (Å²) >= 11 is 0. The number of hydrogen-bond donors (Lipinski definition) is 1. The number of benzene rings is 1. The Balaban J connectivity index is 2.21. The third-order valence-electron chi connectivity index (χ3n) is 3.03. The summed E-state index contributed by atoms with van der Waals surface area (Å²) in [4.78, 5) is 16.2. The Morgan fingerprint density at radius 1 is 1.11 bits per heavy atom. The average Bonchev–Trinajstić information content (AvgIpc) is 2.45. The molecule has 4 nitrogen and oxygen atoms in total. The van der Waals surface area contributed by atoms with E-state index in [0.717, 1.165) is 5.56 Å². The van der Waals surface area contributed by atoms with Gasteiger partial charge in [-0.1, -0.05) is 30.3 Å². The van der Waals surface area contributed by atoms with Crippen molar-refractivity contribution in [2.45, 2.75) is 6.54 Å². The lowest BCUT2D eigenvalue weighted by Crippen LogP contribution is -2.20. The number of fused-ring (bicyclic) bond motifs is 1. The molecule has 0 bridgehead atoms. The normalized spacial score (nSPS) is 10.7. The Bertz CT molecular complexity index is 779. The van der Waals surface area contributed by atoms with Crippen LogP contribution in [-0.2, 0) is 6.54 Å². The smallest absolute Gasteiger partial charge is 0.256 e. The zero-order valence-electron chi connectivity index (χ0n) is 10.2. The molecule has 0 saturated carbocycles. The standard InChI is InChI=1S/C15H12N2O2/c18-13-9-14(19)17(10-11-5-2-1-3-6-11)15-12(13)7-4-8-16-15/h1-9,18H,10H2. The molecule has 2 aromatic heterocycles. The summed E-state index contributed by atoms with van der Waals surface area (Å²) in [6, 6.07) is 14.4. The van der Waals surface area contributed by atoms with Gasteiger partial charge in [0.1, 0.15) is 11.4 Å². The van der Waals surface area contributed by atoms with Gasteiger partial charge >= 0.3 is 0 Å². The monoisotopic (exact) mass is 252 g/mol. The van der Waals surface area contributed by atoms with Crippen LogP contribution in [0.25, 0.3) is 11.0 Å². The van der Waals surface area contributed by atoms with E-state index in [2.05, 4.69) is 4.98 Å². The second-order valence-corrected chi connectivity index (χ2v) is 4.31. The molecule has 0 fully saturated rings. The highest BCUT2D eigenvalue weighted by Gasteiger charge is 2.08. The summed E-state index contributed by atoms with van der Waals surface area (Å²) in [5, 5.41) is 10.4. The Labute approximate surface area is 109 Å². The Morgan fingerprint density at radius 3 is 2.68 bits per heavy atom. The highest BCUT2D eigenvalue weighted by molar-refractivity contribution is 5.81. The van der Waals surface area contributed by atoms with Crippen LogP contribution in [0.3, 0.4) is 0 Å². The lowest BCUT2D eigenvalue weighted by atomic mass is 10.2. The van der Waals surface area contributed by atoms with Crippen molar-refractivity contribution in [3.63, 3.8) is 0 Å². The van der Waals surface area contributed by atoms with E-state index >= 15 is 0 Å². The molecule has 2 heterocycles. The number of nitrogens with zero attached hydrogens (tertiary/aromatic N) is 2. The molecule has 0 aliphatic carbocycles. The fraction of sp³-hybridized carbons (Fsp3) is 0.0667. The summed E-state index contributed by atoms with van der Waals surface area (Å²) in [5.41, 5.74) is 1.26. The van der Waals surface area contributed by atoms with E-state index < -0.39 is 0 Å². The maximum absolute atomic E-state index is 12.0. The van der Waals surface area contributed by atoms with Crippen molar-refractivity contribution in [1.29, 1.82) is 0 Å². The van der Waals surface area contributed by atoms with Gasteiger partial charge in [-0.3, -0.25) is 9.36 Å². The van der Waals surface area contributed by atoms with E-state index in [4.69, 9.17) is 0 Å². The molecule has 0 saturated heterocycles. The summed E-state index contributed by atoms with van der Waals surface area (Å²) in [6.45, 7) is 0.438. The van der Waals surface area contributed by atoms with E-state index in [1.54, 1.807) is 22.9 Å². The number of aromatic nitrogens is 2. The van der Waals surface area contributed by atoms with Crippen molar-refractivity contribution >= 4 is 11.0 Å². The third-order valence-corrected chi connectivity index (χ3v) is 3.03. The summed E-state index contributed by atoms with van der Waals surface area (Å²) in [6.07, 6.45) is 1.61. The molecule has 3 aromatic rings. The Morgan fingerprint density at radius 2 is 1.89 bits per heavy atom. The molecule has 0 amide bonds. The fourth-order valence-corrected chi connectivity index (χ4v) is 2.11. The third kappa shape index (κ3) is 2.08. The molecule has 0 aliphatic rings. The lowest BCUT2D eigenvalue weighted by molar-refractivity contribution is 0.479. The van der Waals surface area contributed by atoms with E-state index in [-0.39, 0.29) is 11.3 Å².